The van der Waals surface area contributed by atoms with Crippen molar-refractivity contribution >= 4 is 45.0 Å². The van der Waals surface area contributed by atoms with Crippen LogP contribution in [0.3, 0.4) is 0 Å². The van der Waals surface area contributed by atoms with Gasteiger partial charge in [-0.15, -0.1) is 0 Å². The van der Waals surface area contributed by atoms with E-state index >= 15 is 0 Å². The number of unbranched alkanes of at least 4 members (excludes halogenated alkanes) is 1. The number of carbonyl (C=O) groups excluding carboxylic acids is 2. The minimum absolute atomic E-state index is 0.0155. The van der Waals surface area contributed by atoms with Crippen molar-refractivity contribution in [1.82, 2.24) is 14.5 Å². The molecule has 208 valence electrons. The first-order valence-corrected chi connectivity index (χ1v) is 14.9. The molecule has 0 aliphatic carbocycles. The van der Waals surface area contributed by atoms with Crippen molar-refractivity contribution in [2.75, 3.05) is 20.1 Å². The number of sulfonamides is 1. The molecule has 0 aliphatic rings. The van der Waals surface area contributed by atoms with Gasteiger partial charge in [0.2, 0.25) is 21.8 Å². The minimum Gasteiger partial charge on any atom is -0.354 e. The number of hydrogen-bond acceptors (Lipinski definition) is 4. The largest absolute Gasteiger partial charge is 0.354 e. The Morgan fingerprint density at radius 3 is 2.21 bits per heavy atom. The predicted octanol–water partition coefficient (Wildman–Crippen LogP) is 5.17. The van der Waals surface area contributed by atoms with E-state index < -0.39 is 28.5 Å². The van der Waals surface area contributed by atoms with Crippen LogP contribution in [0.1, 0.15) is 30.9 Å². The maximum atomic E-state index is 13.8. The minimum atomic E-state index is -3.98. The van der Waals surface area contributed by atoms with Gasteiger partial charge in [-0.05, 0) is 53.9 Å². The Kier molecular flexibility index (Phi) is 11.4. The molecule has 7 nitrogen and oxygen atoms in total. The Morgan fingerprint density at radius 2 is 1.56 bits per heavy atom. The first-order chi connectivity index (χ1) is 18.6. The lowest BCUT2D eigenvalue weighted by Gasteiger charge is -2.32. The van der Waals surface area contributed by atoms with Crippen molar-refractivity contribution in [2.45, 2.75) is 43.7 Å². The molecule has 1 unspecified atom stereocenters. The summed E-state index contributed by atoms with van der Waals surface area (Å²) in [4.78, 5) is 28.8. The Labute approximate surface area is 240 Å². The second-order valence-electron chi connectivity index (χ2n) is 9.22. The van der Waals surface area contributed by atoms with Crippen molar-refractivity contribution < 1.29 is 18.0 Å². The fraction of sp³-hybridized carbons (Fsp3) is 0.310. The lowest BCUT2D eigenvalue weighted by molar-refractivity contribution is -0.141. The zero-order valence-corrected chi connectivity index (χ0v) is 24.3. The highest BCUT2D eigenvalue weighted by molar-refractivity contribution is 7.89. The van der Waals surface area contributed by atoms with Crippen LogP contribution in [0.25, 0.3) is 0 Å². The van der Waals surface area contributed by atoms with Gasteiger partial charge in [0, 0.05) is 36.6 Å². The molecule has 0 aromatic heterocycles. The third-order valence-corrected chi connectivity index (χ3v) is 8.53. The molecule has 0 bridgehead atoms. The van der Waals surface area contributed by atoms with Crippen LogP contribution >= 0.6 is 23.2 Å². The smallest absolute Gasteiger partial charge is 0.243 e. The van der Waals surface area contributed by atoms with E-state index in [9.17, 15) is 18.0 Å². The number of hydrogen-bond donors (Lipinski definition) is 1. The lowest BCUT2D eigenvalue weighted by Crippen LogP contribution is -2.53. The van der Waals surface area contributed by atoms with Crippen molar-refractivity contribution in [3.05, 3.63) is 100 Å². The fourth-order valence-electron chi connectivity index (χ4n) is 4.04. The van der Waals surface area contributed by atoms with Gasteiger partial charge in [-0.3, -0.25) is 9.59 Å². The number of halogens is 2. The number of amides is 2. The molecule has 10 heteroatoms. The van der Waals surface area contributed by atoms with E-state index in [1.165, 1.54) is 36.2 Å². The van der Waals surface area contributed by atoms with E-state index in [0.717, 1.165) is 28.3 Å². The van der Waals surface area contributed by atoms with Crippen LogP contribution < -0.4 is 5.32 Å². The molecule has 39 heavy (non-hydrogen) atoms. The van der Waals surface area contributed by atoms with Gasteiger partial charge in [-0.25, -0.2) is 8.42 Å². The third-order valence-electron chi connectivity index (χ3n) is 6.22. The molecule has 0 spiro atoms. The molecule has 2 amide bonds. The van der Waals surface area contributed by atoms with Gasteiger partial charge < -0.3 is 10.2 Å². The molecule has 0 fully saturated rings. The third kappa shape index (κ3) is 8.80. The highest BCUT2D eigenvalue weighted by atomic mass is 35.5. The van der Waals surface area contributed by atoms with E-state index in [-0.39, 0.29) is 23.8 Å². The van der Waals surface area contributed by atoms with Crippen molar-refractivity contribution in [3.63, 3.8) is 0 Å². The molecule has 0 radical (unpaired) electrons. The first kappa shape index (κ1) is 30.6. The van der Waals surface area contributed by atoms with E-state index in [2.05, 4.69) is 5.32 Å². The molecular formula is C29H33Cl2N3O4S. The summed E-state index contributed by atoms with van der Waals surface area (Å²) in [7, 11) is -2.64. The summed E-state index contributed by atoms with van der Waals surface area (Å²) in [5.74, 6) is -0.813. The normalized spacial score (nSPS) is 12.2. The Hall–Kier alpha value is -2.91. The van der Waals surface area contributed by atoms with Gasteiger partial charge in [-0.1, -0.05) is 79.0 Å². The lowest BCUT2D eigenvalue weighted by atomic mass is 10.0. The van der Waals surface area contributed by atoms with Gasteiger partial charge in [0.25, 0.3) is 0 Å². The highest BCUT2D eigenvalue weighted by Gasteiger charge is 2.33. The van der Waals surface area contributed by atoms with Gasteiger partial charge in [0.05, 0.1) is 11.4 Å². The molecule has 3 rings (SSSR count). The number of benzene rings is 3. The average molecular weight is 591 g/mol. The van der Waals surface area contributed by atoms with E-state index in [1.807, 2.05) is 43.3 Å². The molecule has 1 atom stereocenters. The molecular weight excluding hydrogens is 557 g/mol. The highest BCUT2D eigenvalue weighted by Crippen LogP contribution is 2.20. The summed E-state index contributed by atoms with van der Waals surface area (Å²) < 4.78 is 27.4. The van der Waals surface area contributed by atoms with Crippen LogP contribution in [-0.4, -0.2) is 55.6 Å². The number of carbonyl (C=O) groups is 2. The van der Waals surface area contributed by atoms with Crippen LogP contribution in [0.4, 0.5) is 0 Å². The standard InChI is InChI=1S/C29H33Cl2N3O4S/c1-3-4-17-32-29(36)27(19-22-9-6-5-7-10-22)34(20-23-11-8-12-25(31)18-23)28(35)21-33(2)39(37,38)26-15-13-24(30)14-16-26/h5-16,18,27H,3-4,17,19-21H2,1-2H3,(H,32,36). The van der Waals surface area contributed by atoms with Crippen LogP contribution in [0.5, 0.6) is 0 Å². The quantitative estimate of drug-likeness (QED) is 0.279. The SMILES string of the molecule is CCCCNC(=O)C(Cc1ccccc1)N(Cc1cccc(Cl)c1)C(=O)CN(C)S(=O)(=O)c1ccc(Cl)cc1. The zero-order valence-electron chi connectivity index (χ0n) is 22.0. The molecule has 3 aromatic carbocycles. The topological polar surface area (TPSA) is 86.8 Å². The number of likely N-dealkylation sites (N-methyl/N-ethyl adjacent to an activating group) is 1. The number of nitrogens with one attached hydrogen (secondary N) is 1. The zero-order chi connectivity index (χ0) is 28.4. The maximum Gasteiger partial charge on any atom is 0.243 e. The number of nitrogens with zero attached hydrogens (tertiary/aromatic N) is 2. The van der Waals surface area contributed by atoms with Gasteiger partial charge in [0.15, 0.2) is 0 Å². The summed E-state index contributed by atoms with van der Waals surface area (Å²) in [5.41, 5.74) is 1.60. The summed E-state index contributed by atoms with van der Waals surface area (Å²) in [5, 5.41) is 3.84. The van der Waals surface area contributed by atoms with Crippen LogP contribution in [0.2, 0.25) is 10.0 Å². The second-order valence-corrected chi connectivity index (χ2v) is 12.1. The summed E-state index contributed by atoms with van der Waals surface area (Å²) in [6, 6.07) is 21.3. The molecule has 0 saturated heterocycles. The Bertz CT molecular complexity index is 1350. The van der Waals surface area contributed by atoms with E-state index in [4.69, 9.17) is 23.2 Å². The Balaban J connectivity index is 1.95. The van der Waals surface area contributed by atoms with Crippen molar-refractivity contribution in [1.29, 1.82) is 0 Å². The summed E-state index contributed by atoms with van der Waals surface area (Å²) in [6.45, 7) is 2.12. The van der Waals surface area contributed by atoms with Gasteiger partial charge >= 0.3 is 0 Å². The number of rotatable bonds is 13. The molecule has 0 aliphatic heterocycles. The summed E-state index contributed by atoms with van der Waals surface area (Å²) in [6.07, 6.45) is 1.97. The molecule has 0 heterocycles. The molecule has 3 aromatic rings. The monoisotopic (exact) mass is 589 g/mol. The van der Waals surface area contributed by atoms with Crippen LogP contribution in [0.15, 0.2) is 83.8 Å². The van der Waals surface area contributed by atoms with E-state index in [1.54, 1.807) is 18.2 Å². The van der Waals surface area contributed by atoms with Gasteiger partial charge in [0.1, 0.15) is 6.04 Å². The maximum absolute atomic E-state index is 13.8. The van der Waals surface area contributed by atoms with Crippen molar-refractivity contribution in [3.8, 4) is 0 Å². The van der Waals surface area contributed by atoms with Crippen LogP contribution in [0, 0.1) is 0 Å². The summed E-state index contributed by atoms with van der Waals surface area (Å²) >= 11 is 12.1. The predicted molar refractivity (Wildman–Crippen MR) is 155 cm³/mol. The first-order valence-electron chi connectivity index (χ1n) is 12.7. The second kappa shape index (κ2) is 14.5. The van der Waals surface area contributed by atoms with Gasteiger partial charge in [-0.2, -0.15) is 4.31 Å². The van der Waals surface area contributed by atoms with Crippen molar-refractivity contribution in [2.24, 2.45) is 0 Å². The molecule has 0 saturated carbocycles. The fourth-order valence-corrected chi connectivity index (χ4v) is 5.50. The van der Waals surface area contributed by atoms with E-state index in [0.29, 0.717) is 16.6 Å². The molecule has 1 N–H and O–H groups in total. The van der Waals surface area contributed by atoms with Crippen LogP contribution in [-0.2, 0) is 32.6 Å². The Morgan fingerprint density at radius 1 is 0.897 bits per heavy atom. The average Bonchev–Trinajstić information content (AvgIpc) is 2.91.